The minimum absolute atomic E-state index is 0.654. The van der Waals surface area contributed by atoms with Gasteiger partial charge in [-0.3, -0.25) is 0 Å². The maximum atomic E-state index is 8.93. The maximum Gasteiger partial charge on any atom is 0.101 e. The average molecular weight is 215 g/mol. The second-order valence-electron chi connectivity index (χ2n) is 4.17. The Morgan fingerprint density at radius 1 is 1.44 bits per heavy atom. The van der Waals surface area contributed by atoms with Crippen molar-refractivity contribution in [1.82, 2.24) is 5.32 Å². The van der Waals surface area contributed by atoms with Crippen LogP contribution in [-0.4, -0.2) is 19.1 Å². The minimum atomic E-state index is 0.654. The summed E-state index contributed by atoms with van der Waals surface area (Å²) >= 11 is 0. The topological polar surface area (TPSA) is 47.9 Å². The molecule has 84 valence electrons. The van der Waals surface area contributed by atoms with Crippen LogP contribution < -0.4 is 10.6 Å². The molecule has 1 aliphatic rings. The van der Waals surface area contributed by atoms with Crippen molar-refractivity contribution in [2.75, 3.05) is 18.4 Å². The van der Waals surface area contributed by atoms with Gasteiger partial charge in [-0.05, 0) is 37.9 Å². The van der Waals surface area contributed by atoms with Gasteiger partial charge in [0.2, 0.25) is 0 Å². The zero-order valence-corrected chi connectivity index (χ0v) is 9.37. The third-order valence-electron chi connectivity index (χ3n) is 3.02. The van der Waals surface area contributed by atoms with Crippen LogP contribution in [0.15, 0.2) is 24.3 Å². The summed E-state index contributed by atoms with van der Waals surface area (Å²) in [6.07, 6.45) is 3.70. The number of nitrogens with zero attached hydrogens (tertiary/aromatic N) is 1. The van der Waals surface area contributed by atoms with Crippen LogP contribution in [-0.2, 0) is 0 Å². The molecular weight excluding hydrogens is 198 g/mol. The van der Waals surface area contributed by atoms with Crippen LogP contribution in [0.5, 0.6) is 0 Å². The Labute approximate surface area is 96.5 Å². The fraction of sp³-hybridized carbons (Fsp3) is 0.462. The van der Waals surface area contributed by atoms with Crippen LogP contribution in [0.25, 0.3) is 0 Å². The molecule has 2 rings (SSSR count). The molecule has 1 aromatic carbocycles. The zero-order valence-electron chi connectivity index (χ0n) is 9.37. The van der Waals surface area contributed by atoms with Crippen LogP contribution in [0.2, 0.25) is 0 Å². The first-order valence-corrected chi connectivity index (χ1v) is 5.86. The van der Waals surface area contributed by atoms with Crippen molar-refractivity contribution >= 4 is 5.69 Å². The van der Waals surface area contributed by atoms with Crippen molar-refractivity contribution in [2.45, 2.75) is 25.3 Å². The SMILES string of the molecule is N#Cc1ccccc1NCCC1CCCN1. The smallest absolute Gasteiger partial charge is 0.101 e. The van der Waals surface area contributed by atoms with E-state index in [1.165, 1.54) is 12.8 Å². The van der Waals surface area contributed by atoms with E-state index in [-0.39, 0.29) is 0 Å². The third kappa shape index (κ3) is 2.74. The van der Waals surface area contributed by atoms with E-state index in [0.717, 1.165) is 30.8 Å². The normalized spacial score (nSPS) is 19.3. The fourth-order valence-electron chi connectivity index (χ4n) is 2.12. The van der Waals surface area contributed by atoms with Crippen LogP contribution in [0.1, 0.15) is 24.8 Å². The highest BCUT2D eigenvalue weighted by molar-refractivity contribution is 5.56. The second kappa shape index (κ2) is 5.53. The second-order valence-corrected chi connectivity index (χ2v) is 4.17. The Bertz CT molecular complexity index is 375. The summed E-state index contributed by atoms with van der Waals surface area (Å²) in [5.74, 6) is 0. The first-order valence-electron chi connectivity index (χ1n) is 5.86. The number of nitrogens with one attached hydrogen (secondary N) is 2. The number of hydrogen-bond donors (Lipinski definition) is 2. The molecule has 0 bridgehead atoms. The molecule has 0 spiro atoms. The van der Waals surface area contributed by atoms with Gasteiger partial charge < -0.3 is 10.6 Å². The van der Waals surface area contributed by atoms with Gasteiger partial charge in [0.25, 0.3) is 0 Å². The van der Waals surface area contributed by atoms with E-state index in [1.807, 2.05) is 24.3 Å². The minimum Gasteiger partial charge on any atom is -0.384 e. The lowest BCUT2D eigenvalue weighted by molar-refractivity contribution is 0.574. The quantitative estimate of drug-likeness (QED) is 0.808. The van der Waals surface area contributed by atoms with Gasteiger partial charge in [-0.15, -0.1) is 0 Å². The number of para-hydroxylation sites is 1. The van der Waals surface area contributed by atoms with Crippen molar-refractivity contribution in [3.05, 3.63) is 29.8 Å². The van der Waals surface area contributed by atoms with Crippen molar-refractivity contribution in [2.24, 2.45) is 0 Å². The molecule has 1 atom stereocenters. The largest absolute Gasteiger partial charge is 0.384 e. The summed E-state index contributed by atoms with van der Waals surface area (Å²) in [4.78, 5) is 0. The molecule has 0 saturated carbocycles. The van der Waals surface area contributed by atoms with Gasteiger partial charge in [-0.2, -0.15) is 5.26 Å². The molecule has 1 heterocycles. The Morgan fingerprint density at radius 3 is 3.06 bits per heavy atom. The summed E-state index contributed by atoms with van der Waals surface area (Å²) in [5, 5.41) is 15.7. The summed E-state index contributed by atoms with van der Waals surface area (Å²) in [6, 6.07) is 10.5. The number of hydrogen-bond acceptors (Lipinski definition) is 3. The molecule has 1 fully saturated rings. The Hall–Kier alpha value is -1.53. The molecule has 1 aliphatic heterocycles. The van der Waals surface area contributed by atoms with Gasteiger partial charge in [0, 0.05) is 12.6 Å². The van der Waals surface area contributed by atoms with Gasteiger partial charge in [-0.25, -0.2) is 0 Å². The van der Waals surface area contributed by atoms with E-state index >= 15 is 0 Å². The highest BCUT2D eigenvalue weighted by atomic mass is 14.9. The number of nitriles is 1. The number of rotatable bonds is 4. The van der Waals surface area contributed by atoms with Gasteiger partial charge in [0.1, 0.15) is 6.07 Å². The lowest BCUT2D eigenvalue weighted by atomic mass is 10.1. The van der Waals surface area contributed by atoms with Crippen LogP contribution in [0, 0.1) is 11.3 Å². The number of anilines is 1. The first kappa shape index (κ1) is 11.0. The molecule has 0 radical (unpaired) electrons. The van der Waals surface area contributed by atoms with Crippen molar-refractivity contribution in [3.63, 3.8) is 0 Å². The summed E-state index contributed by atoms with van der Waals surface area (Å²) < 4.78 is 0. The van der Waals surface area contributed by atoms with Gasteiger partial charge >= 0.3 is 0 Å². The van der Waals surface area contributed by atoms with E-state index in [1.54, 1.807) is 0 Å². The molecule has 1 saturated heterocycles. The van der Waals surface area contributed by atoms with E-state index in [2.05, 4.69) is 16.7 Å². The van der Waals surface area contributed by atoms with Crippen molar-refractivity contribution < 1.29 is 0 Å². The maximum absolute atomic E-state index is 8.93. The molecule has 3 nitrogen and oxygen atoms in total. The molecule has 0 amide bonds. The molecule has 0 aliphatic carbocycles. The predicted octanol–water partition coefficient (Wildman–Crippen LogP) is 2.11. The molecule has 2 N–H and O–H groups in total. The molecule has 16 heavy (non-hydrogen) atoms. The van der Waals surface area contributed by atoms with Crippen LogP contribution in [0.3, 0.4) is 0 Å². The van der Waals surface area contributed by atoms with Crippen LogP contribution in [0.4, 0.5) is 5.69 Å². The van der Waals surface area contributed by atoms with E-state index < -0.39 is 0 Å². The molecular formula is C13H17N3. The third-order valence-corrected chi connectivity index (χ3v) is 3.02. The fourth-order valence-corrected chi connectivity index (χ4v) is 2.12. The average Bonchev–Trinajstić information content (AvgIpc) is 2.83. The summed E-state index contributed by atoms with van der Waals surface area (Å²) in [7, 11) is 0. The number of benzene rings is 1. The highest BCUT2D eigenvalue weighted by Gasteiger charge is 2.12. The van der Waals surface area contributed by atoms with Gasteiger partial charge in [0.05, 0.1) is 11.3 Å². The van der Waals surface area contributed by atoms with E-state index in [0.29, 0.717) is 6.04 Å². The van der Waals surface area contributed by atoms with E-state index in [9.17, 15) is 0 Å². The van der Waals surface area contributed by atoms with Crippen LogP contribution >= 0.6 is 0 Å². The highest BCUT2D eigenvalue weighted by Crippen LogP contribution is 2.14. The summed E-state index contributed by atoms with van der Waals surface area (Å²) in [6.45, 7) is 2.08. The Balaban J connectivity index is 1.82. The molecule has 1 unspecified atom stereocenters. The predicted molar refractivity (Wildman–Crippen MR) is 65.3 cm³/mol. The monoisotopic (exact) mass is 215 g/mol. The molecule has 3 heteroatoms. The van der Waals surface area contributed by atoms with Crippen molar-refractivity contribution in [3.8, 4) is 6.07 Å². The zero-order chi connectivity index (χ0) is 11.2. The van der Waals surface area contributed by atoms with Gasteiger partial charge in [-0.1, -0.05) is 12.1 Å². The lowest BCUT2D eigenvalue weighted by Crippen LogP contribution is -2.24. The first-order chi connectivity index (χ1) is 7.90. The Kier molecular flexibility index (Phi) is 3.79. The van der Waals surface area contributed by atoms with E-state index in [4.69, 9.17) is 5.26 Å². The standard InChI is InChI=1S/C13H17N3/c14-10-11-4-1-2-6-13(11)16-9-7-12-5-3-8-15-12/h1-2,4,6,12,15-16H,3,5,7-9H2. The molecule has 1 aromatic rings. The lowest BCUT2D eigenvalue weighted by Gasteiger charge is -2.12. The van der Waals surface area contributed by atoms with Gasteiger partial charge in [0.15, 0.2) is 0 Å². The molecule has 0 aromatic heterocycles. The van der Waals surface area contributed by atoms with Crippen molar-refractivity contribution in [1.29, 1.82) is 5.26 Å². The Morgan fingerprint density at radius 2 is 2.31 bits per heavy atom. The summed E-state index contributed by atoms with van der Waals surface area (Å²) in [5.41, 5.74) is 1.67.